The van der Waals surface area contributed by atoms with Crippen molar-refractivity contribution in [1.29, 1.82) is 0 Å². The van der Waals surface area contributed by atoms with E-state index in [4.69, 9.17) is 0 Å². The van der Waals surface area contributed by atoms with Gasteiger partial charge in [-0.1, -0.05) is 25.2 Å². The minimum Gasteiger partial charge on any atom is -0.103 e. The standard InChI is InChI=1S/C12H20/c1-5-11-6-7-12(9(2)3)8-10(11)4/h5,10-12H,1-2,6-8H2,3-4H3. The number of hydrogen-bond acceptors (Lipinski definition) is 0. The second kappa shape index (κ2) is 3.93. The lowest BCUT2D eigenvalue weighted by atomic mass is 9.73. The molecular weight excluding hydrogens is 144 g/mol. The van der Waals surface area contributed by atoms with E-state index in [0.29, 0.717) is 0 Å². The van der Waals surface area contributed by atoms with Crippen molar-refractivity contribution < 1.29 is 0 Å². The van der Waals surface area contributed by atoms with E-state index in [2.05, 4.69) is 33.1 Å². The third-order valence-electron chi connectivity index (χ3n) is 3.24. The molecule has 0 aromatic heterocycles. The fourth-order valence-corrected chi connectivity index (χ4v) is 2.22. The van der Waals surface area contributed by atoms with Crippen LogP contribution in [-0.4, -0.2) is 0 Å². The molecule has 0 bridgehead atoms. The van der Waals surface area contributed by atoms with Gasteiger partial charge in [-0.05, 0) is 43.9 Å². The highest BCUT2D eigenvalue weighted by Gasteiger charge is 2.25. The monoisotopic (exact) mass is 164 g/mol. The predicted molar refractivity (Wildman–Crippen MR) is 55.0 cm³/mol. The smallest absolute Gasteiger partial charge is 0.0206 e. The van der Waals surface area contributed by atoms with Crippen LogP contribution in [0.15, 0.2) is 24.8 Å². The predicted octanol–water partition coefficient (Wildman–Crippen LogP) is 3.80. The topological polar surface area (TPSA) is 0 Å². The van der Waals surface area contributed by atoms with Gasteiger partial charge in [0.15, 0.2) is 0 Å². The third kappa shape index (κ3) is 2.00. The summed E-state index contributed by atoms with van der Waals surface area (Å²) in [5.74, 6) is 2.33. The Morgan fingerprint density at radius 1 is 1.42 bits per heavy atom. The zero-order valence-corrected chi connectivity index (χ0v) is 8.34. The molecule has 0 spiro atoms. The van der Waals surface area contributed by atoms with Crippen LogP contribution in [0.2, 0.25) is 0 Å². The summed E-state index contributed by atoms with van der Waals surface area (Å²) in [5.41, 5.74) is 1.37. The SMILES string of the molecule is C=CC1CCC(C(=C)C)CC1C. The van der Waals surface area contributed by atoms with E-state index in [9.17, 15) is 0 Å². The van der Waals surface area contributed by atoms with Gasteiger partial charge in [0.25, 0.3) is 0 Å². The normalized spacial score (nSPS) is 36.0. The van der Waals surface area contributed by atoms with Gasteiger partial charge >= 0.3 is 0 Å². The van der Waals surface area contributed by atoms with E-state index in [0.717, 1.165) is 17.8 Å². The van der Waals surface area contributed by atoms with Gasteiger partial charge in [-0.15, -0.1) is 6.58 Å². The van der Waals surface area contributed by atoms with Crippen molar-refractivity contribution in [1.82, 2.24) is 0 Å². The summed E-state index contributed by atoms with van der Waals surface area (Å²) in [7, 11) is 0. The minimum atomic E-state index is 0.751. The van der Waals surface area contributed by atoms with Crippen molar-refractivity contribution in [3.05, 3.63) is 24.8 Å². The van der Waals surface area contributed by atoms with Gasteiger partial charge in [0.2, 0.25) is 0 Å². The van der Waals surface area contributed by atoms with Crippen molar-refractivity contribution in [2.24, 2.45) is 17.8 Å². The molecule has 0 heteroatoms. The molecule has 0 radical (unpaired) electrons. The highest BCUT2D eigenvalue weighted by Crippen LogP contribution is 2.36. The second-order valence-corrected chi connectivity index (χ2v) is 4.23. The summed E-state index contributed by atoms with van der Waals surface area (Å²) in [6.07, 6.45) is 6.06. The van der Waals surface area contributed by atoms with Crippen molar-refractivity contribution in [2.45, 2.75) is 33.1 Å². The maximum Gasteiger partial charge on any atom is -0.0206 e. The Morgan fingerprint density at radius 2 is 2.08 bits per heavy atom. The molecular formula is C12H20. The minimum absolute atomic E-state index is 0.751. The quantitative estimate of drug-likeness (QED) is 0.544. The van der Waals surface area contributed by atoms with Crippen LogP contribution in [0.3, 0.4) is 0 Å². The first kappa shape index (κ1) is 9.57. The van der Waals surface area contributed by atoms with Crippen LogP contribution in [0.25, 0.3) is 0 Å². The molecule has 3 unspecified atom stereocenters. The molecule has 0 aromatic carbocycles. The van der Waals surface area contributed by atoms with Gasteiger partial charge in [-0.2, -0.15) is 0 Å². The molecule has 3 atom stereocenters. The fraction of sp³-hybridized carbons (Fsp3) is 0.667. The lowest BCUT2D eigenvalue weighted by Crippen LogP contribution is -2.21. The molecule has 1 aliphatic rings. The van der Waals surface area contributed by atoms with Gasteiger partial charge < -0.3 is 0 Å². The van der Waals surface area contributed by atoms with Crippen molar-refractivity contribution in [3.8, 4) is 0 Å². The molecule has 0 aliphatic heterocycles. The van der Waals surface area contributed by atoms with E-state index < -0.39 is 0 Å². The second-order valence-electron chi connectivity index (χ2n) is 4.23. The lowest BCUT2D eigenvalue weighted by molar-refractivity contribution is 0.254. The highest BCUT2D eigenvalue weighted by atomic mass is 14.3. The third-order valence-corrected chi connectivity index (χ3v) is 3.24. The van der Waals surface area contributed by atoms with Gasteiger partial charge in [-0.3, -0.25) is 0 Å². The molecule has 0 N–H and O–H groups in total. The van der Waals surface area contributed by atoms with Crippen molar-refractivity contribution in [2.75, 3.05) is 0 Å². The van der Waals surface area contributed by atoms with E-state index in [1.807, 2.05) is 0 Å². The molecule has 0 saturated heterocycles. The van der Waals surface area contributed by atoms with Crippen LogP contribution in [0, 0.1) is 17.8 Å². The first-order valence-electron chi connectivity index (χ1n) is 4.93. The summed E-state index contributed by atoms with van der Waals surface area (Å²) >= 11 is 0. The van der Waals surface area contributed by atoms with Gasteiger partial charge in [-0.25, -0.2) is 0 Å². The van der Waals surface area contributed by atoms with Crippen LogP contribution in [0.1, 0.15) is 33.1 Å². The zero-order chi connectivity index (χ0) is 9.14. The lowest BCUT2D eigenvalue weighted by Gasteiger charge is -2.32. The average Bonchev–Trinajstić information content (AvgIpc) is 2.04. The van der Waals surface area contributed by atoms with Crippen LogP contribution >= 0.6 is 0 Å². The fourth-order valence-electron chi connectivity index (χ4n) is 2.22. The van der Waals surface area contributed by atoms with Crippen LogP contribution < -0.4 is 0 Å². The molecule has 1 rings (SSSR count). The maximum absolute atomic E-state index is 4.04. The molecule has 0 aromatic rings. The summed E-state index contributed by atoms with van der Waals surface area (Å²) in [6.45, 7) is 12.4. The van der Waals surface area contributed by atoms with Crippen LogP contribution in [0.4, 0.5) is 0 Å². The highest BCUT2D eigenvalue weighted by molar-refractivity contribution is 5.01. The molecule has 0 nitrogen and oxygen atoms in total. The largest absolute Gasteiger partial charge is 0.103 e. The number of rotatable bonds is 2. The Balaban J connectivity index is 2.51. The summed E-state index contributed by atoms with van der Waals surface area (Å²) in [6, 6.07) is 0. The van der Waals surface area contributed by atoms with Crippen LogP contribution in [-0.2, 0) is 0 Å². The zero-order valence-electron chi connectivity index (χ0n) is 8.34. The Hall–Kier alpha value is -0.520. The Bertz CT molecular complexity index is 178. The molecule has 0 heterocycles. The number of allylic oxidation sites excluding steroid dienone is 2. The van der Waals surface area contributed by atoms with E-state index >= 15 is 0 Å². The molecule has 0 amide bonds. The molecule has 68 valence electrons. The molecule has 12 heavy (non-hydrogen) atoms. The van der Waals surface area contributed by atoms with E-state index in [-0.39, 0.29) is 0 Å². The first-order chi connectivity index (χ1) is 5.65. The van der Waals surface area contributed by atoms with E-state index in [1.165, 1.54) is 24.8 Å². The number of hydrogen-bond donors (Lipinski definition) is 0. The molecule has 1 saturated carbocycles. The summed E-state index contributed by atoms with van der Waals surface area (Å²) in [5, 5.41) is 0. The van der Waals surface area contributed by atoms with Gasteiger partial charge in [0, 0.05) is 0 Å². The van der Waals surface area contributed by atoms with Crippen molar-refractivity contribution >= 4 is 0 Å². The summed E-state index contributed by atoms with van der Waals surface area (Å²) in [4.78, 5) is 0. The molecule has 1 fully saturated rings. The Labute approximate surface area is 76.4 Å². The van der Waals surface area contributed by atoms with E-state index in [1.54, 1.807) is 0 Å². The van der Waals surface area contributed by atoms with Crippen LogP contribution in [0.5, 0.6) is 0 Å². The maximum atomic E-state index is 4.04. The molecule has 1 aliphatic carbocycles. The Morgan fingerprint density at radius 3 is 2.50 bits per heavy atom. The van der Waals surface area contributed by atoms with Gasteiger partial charge in [0.1, 0.15) is 0 Å². The first-order valence-corrected chi connectivity index (χ1v) is 4.93. The summed E-state index contributed by atoms with van der Waals surface area (Å²) < 4.78 is 0. The average molecular weight is 164 g/mol. The van der Waals surface area contributed by atoms with Crippen molar-refractivity contribution in [3.63, 3.8) is 0 Å². The Kier molecular flexibility index (Phi) is 3.13. The van der Waals surface area contributed by atoms with Gasteiger partial charge in [0.05, 0.1) is 0 Å².